The maximum absolute atomic E-state index is 12.5. The molecule has 0 radical (unpaired) electrons. The largest absolute Gasteiger partial charge is 0.319 e. The number of carbonyl (C=O) groups excluding carboxylic acids is 1. The molecule has 0 spiro atoms. The first kappa shape index (κ1) is 18.3. The predicted octanol–water partition coefficient (Wildman–Crippen LogP) is 2.27. The van der Waals surface area contributed by atoms with Crippen LogP contribution in [0.4, 0.5) is 5.69 Å². The molecule has 0 aliphatic carbocycles. The molecule has 0 unspecified atom stereocenters. The average molecular weight is 376 g/mol. The highest BCUT2D eigenvalue weighted by molar-refractivity contribution is 6.04. The van der Waals surface area contributed by atoms with E-state index in [1.807, 2.05) is 36.4 Å². The third-order valence-electron chi connectivity index (χ3n) is 4.99. The van der Waals surface area contributed by atoms with Crippen LogP contribution in [-0.2, 0) is 6.54 Å². The Hall–Kier alpha value is -3.03. The van der Waals surface area contributed by atoms with E-state index in [2.05, 4.69) is 32.2 Å². The fraction of sp³-hybridized carbons (Fsp3) is 0.286. The van der Waals surface area contributed by atoms with Crippen LogP contribution in [0, 0.1) is 0 Å². The Balaban J connectivity index is 1.35. The Morgan fingerprint density at radius 1 is 1.04 bits per heavy atom. The van der Waals surface area contributed by atoms with E-state index in [1.165, 1.54) is 5.56 Å². The van der Waals surface area contributed by atoms with E-state index in [1.54, 1.807) is 29.5 Å². The van der Waals surface area contributed by atoms with Gasteiger partial charge in [0.05, 0.1) is 23.8 Å². The summed E-state index contributed by atoms with van der Waals surface area (Å²) >= 11 is 0. The number of piperazine rings is 1. The Labute approximate surface area is 164 Å². The lowest BCUT2D eigenvalue weighted by atomic mass is 10.1. The maximum Gasteiger partial charge on any atom is 0.255 e. The summed E-state index contributed by atoms with van der Waals surface area (Å²) in [5.74, 6) is -0.138. The van der Waals surface area contributed by atoms with Crippen molar-refractivity contribution in [3.8, 4) is 5.69 Å². The molecule has 144 valence electrons. The zero-order valence-corrected chi connectivity index (χ0v) is 16.0. The molecular weight excluding hydrogens is 352 g/mol. The van der Waals surface area contributed by atoms with E-state index >= 15 is 0 Å². The summed E-state index contributed by atoms with van der Waals surface area (Å²) in [6.45, 7) is 5.30. The number of amides is 1. The highest BCUT2D eigenvalue weighted by Crippen LogP contribution is 2.14. The Kier molecular flexibility index (Phi) is 5.45. The number of nitrogens with one attached hydrogen (secondary N) is 1. The summed E-state index contributed by atoms with van der Waals surface area (Å²) in [6, 6.07) is 11.6. The van der Waals surface area contributed by atoms with Gasteiger partial charge in [0, 0.05) is 50.7 Å². The number of hydrogen-bond donors (Lipinski definition) is 1. The number of anilines is 1. The second kappa shape index (κ2) is 8.33. The van der Waals surface area contributed by atoms with Gasteiger partial charge in [0.15, 0.2) is 0 Å². The van der Waals surface area contributed by atoms with Crippen LogP contribution in [0.2, 0.25) is 0 Å². The van der Waals surface area contributed by atoms with E-state index in [4.69, 9.17) is 0 Å². The normalized spacial score (nSPS) is 15.5. The van der Waals surface area contributed by atoms with Crippen LogP contribution in [0.3, 0.4) is 0 Å². The molecule has 0 saturated carbocycles. The average Bonchev–Trinajstić information content (AvgIpc) is 3.19. The second-order valence-corrected chi connectivity index (χ2v) is 7.11. The fourth-order valence-corrected chi connectivity index (χ4v) is 3.25. The lowest BCUT2D eigenvalue weighted by Crippen LogP contribution is -2.43. The first-order valence-corrected chi connectivity index (χ1v) is 9.44. The number of pyridine rings is 1. The topological polar surface area (TPSA) is 66.3 Å². The van der Waals surface area contributed by atoms with Gasteiger partial charge < -0.3 is 10.2 Å². The molecule has 2 aromatic heterocycles. The minimum absolute atomic E-state index is 0.138. The molecule has 7 heteroatoms. The van der Waals surface area contributed by atoms with Crippen molar-refractivity contribution >= 4 is 11.6 Å². The summed E-state index contributed by atoms with van der Waals surface area (Å²) in [7, 11) is 2.16. The molecule has 1 aliphatic heterocycles. The van der Waals surface area contributed by atoms with Gasteiger partial charge >= 0.3 is 0 Å². The van der Waals surface area contributed by atoms with Crippen LogP contribution in [0.25, 0.3) is 5.69 Å². The Bertz CT molecular complexity index is 914. The standard InChI is InChI=1S/C21H24N6O/c1-25-10-12-26(13-11-25)15-17-2-4-18(5-3-17)21(28)24-19-14-23-27(16-19)20-6-8-22-9-7-20/h2-9,14,16H,10-13,15H2,1H3,(H,24,28). The number of rotatable bonds is 5. The SMILES string of the molecule is CN1CCN(Cc2ccc(C(=O)Nc3cnn(-c4ccncc4)c3)cc2)CC1. The van der Waals surface area contributed by atoms with Gasteiger partial charge in [-0.1, -0.05) is 12.1 Å². The van der Waals surface area contributed by atoms with Gasteiger partial charge in [-0.15, -0.1) is 0 Å². The summed E-state index contributed by atoms with van der Waals surface area (Å²) in [6.07, 6.45) is 6.84. The molecule has 7 nitrogen and oxygen atoms in total. The zero-order valence-electron chi connectivity index (χ0n) is 16.0. The number of benzene rings is 1. The van der Waals surface area contributed by atoms with E-state index in [-0.39, 0.29) is 5.91 Å². The van der Waals surface area contributed by atoms with E-state index < -0.39 is 0 Å². The Morgan fingerprint density at radius 3 is 2.46 bits per heavy atom. The molecule has 0 bridgehead atoms. The van der Waals surface area contributed by atoms with Crippen molar-refractivity contribution in [2.75, 3.05) is 38.5 Å². The molecule has 3 aromatic rings. The molecule has 0 atom stereocenters. The predicted molar refractivity (Wildman–Crippen MR) is 109 cm³/mol. The van der Waals surface area contributed by atoms with E-state index in [0.717, 1.165) is 38.4 Å². The third kappa shape index (κ3) is 4.44. The lowest BCUT2D eigenvalue weighted by molar-refractivity contribution is 0.102. The van der Waals surface area contributed by atoms with Gasteiger partial charge in [0.25, 0.3) is 5.91 Å². The first-order chi connectivity index (χ1) is 13.7. The number of nitrogens with zero attached hydrogens (tertiary/aromatic N) is 5. The monoisotopic (exact) mass is 376 g/mol. The second-order valence-electron chi connectivity index (χ2n) is 7.11. The van der Waals surface area contributed by atoms with Gasteiger partial charge in [0.2, 0.25) is 0 Å². The van der Waals surface area contributed by atoms with Crippen molar-refractivity contribution in [1.82, 2.24) is 24.6 Å². The van der Waals surface area contributed by atoms with Gasteiger partial charge in [0.1, 0.15) is 0 Å². The lowest BCUT2D eigenvalue weighted by Gasteiger charge is -2.32. The minimum Gasteiger partial charge on any atom is -0.319 e. The summed E-state index contributed by atoms with van der Waals surface area (Å²) in [4.78, 5) is 21.3. The smallest absolute Gasteiger partial charge is 0.255 e. The highest BCUT2D eigenvalue weighted by Gasteiger charge is 2.14. The molecule has 28 heavy (non-hydrogen) atoms. The Morgan fingerprint density at radius 2 is 1.75 bits per heavy atom. The number of likely N-dealkylation sites (N-methyl/N-ethyl adjacent to an activating group) is 1. The highest BCUT2D eigenvalue weighted by atomic mass is 16.1. The molecule has 1 amide bonds. The third-order valence-corrected chi connectivity index (χ3v) is 4.99. The molecule has 1 saturated heterocycles. The summed E-state index contributed by atoms with van der Waals surface area (Å²) in [5, 5.41) is 7.18. The summed E-state index contributed by atoms with van der Waals surface area (Å²) < 4.78 is 1.70. The number of carbonyl (C=O) groups is 1. The minimum atomic E-state index is -0.138. The van der Waals surface area contributed by atoms with Crippen molar-refractivity contribution in [1.29, 1.82) is 0 Å². The van der Waals surface area contributed by atoms with Crippen molar-refractivity contribution in [2.24, 2.45) is 0 Å². The zero-order chi connectivity index (χ0) is 19.3. The molecular formula is C21H24N6O. The molecule has 1 fully saturated rings. The van der Waals surface area contributed by atoms with Crippen LogP contribution in [0.1, 0.15) is 15.9 Å². The maximum atomic E-state index is 12.5. The number of hydrogen-bond acceptors (Lipinski definition) is 5. The van der Waals surface area contributed by atoms with E-state index in [0.29, 0.717) is 11.3 Å². The van der Waals surface area contributed by atoms with Gasteiger partial charge in [-0.3, -0.25) is 14.7 Å². The van der Waals surface area contributed by atoms with E-state index in [9.17, 15) is 4.79 Å². The van der Waals surface area contributed by atoms with Crippen LogP contribution in [0.15, 0.2) is 61.2 Å². The van der Waals surface area contributed by atoms with Gasteiger partial charge in [-0.2, -0.15) is 5.10 Å². The van der Waals surface area contributed by atoms with Crippen molar-refractivity contribution in [2.45, 2.75) is 6.54 Å². The molecule has 1 aliphatic rings. The van der Waals surface area contributed by atoms with Crippen molar-refractivity contribution in [3.05, 3.63) is 72.3 Å². The molecule has 1 N–H and O–H groups in total. The molecule has 4 rings (SSSR count). The number of aromatic nitrogens is 3. The summed E-state index contributed by atoms with van der Waals surface area (Å²) in [5.41, 5.74) is 3.41. The molecule has 3 heterocycles. The van der Waals surface area contributed by atoms with Gasteiger partial charge in [-0.25, -0.2) is 4.68 Å². The first-order valence-electron chi connectivity index (χ1n) is 9.44. The van der Waals surface area contributed by atoms with Crippen molar-refractivity contribution < 1.29 is 4.79 Å². The molecule has 1 aromatic carbocycles. The van der Waals surface area contributed by atoms with Crippen LogP contribution in [0.5, 0.6) is 0 Å². The van der Waals surface area contributed by atoms with Gasteiger partial charge in [-0.05, 0) is 36.9 Å². The fourth-order valence-electron chi connectivity index (χ4n) is 3.25. The van der Waals surface area contributed by atoms with Crippen LogP contribution < -0.4 is 5.32 Å². The van der Waals surface area contributed by atoms with Crippen molar-refractivity contribution in [3.63, 3.8) is 0 Å². The quantitative estimate of drug-likeness (QED) is 0.740. The van der Waals surface area contributed by atoms with Crippen LogP contribution in [-0.4, -0.2) is 63.7 Å². The van der Waals surface area contributed by atoms with Crippen LogP contribution >= 0.6 is 0 Å².